The number of nitrogens with one attached hydrogen (secondary N) is 3. The van der Waals surface area contributed by atoms with E-state index in [-0.39, 0.29) is 6.67 Å². The third kappa shape index (κ3) is 1.22. The summed E-state index contributed by atoms with van der Waals surface area (Å²) in [6.07, 6.45) is -4.40. The van der Waals surface area contributed by atoms with E-state index in [0.717, 1.165) is 0 Å². The summed E-state index contributed by atoms with van der Waals surface area (Å²) < 4.78 is 35.7. The third-order valence-electron chi connectivity index (χ3n) is 1.11. The topological polar surface area (TPSA) is 36.1 Å². The predicted octanol–water partition coefficient (Wildman–Crippen LogP) is -0.213. The Morgan fingerprint density at radius 2 is 2.00 bits per heavy atom. The molecular formula is C3H6F3N3S. The van der Waals surface area contributed by atoms with Gasteiger partial charge in [-0.15, -0.1) is 12.6 Å². The maximum Gasteiger partial charge on any atom is 0.430 e. The van der Waals surface area contributed by atoms with E-state index in [1.807, 2.05) is 5.43 Å². The molecule has 0 aliphatic carbocycles. The minimum atomic E-state index is -4.40. The molecule has 3 nitrogen and oxygen atoms in total. The molecule has 10 heavy (non-hydrogen) atoms. The first kappa shape index (κ1) is 8.12. The van der Waals surface area contributed by atoms with Crippen molar-refractivity contribution >= 4 is 12.6 Å². The van der Waals surface area contributed by atoms with Crippen LogP contribution in [-0.4, -0.2) is 17.8 Å². The molecule has 0 amide bonds. The summed E-state index contributed by atoms with van der Waals surface area (Å²) in [4.78, 5) is -2.28. The van der Waals surface area contributed by atoms with Crippen LogP contribution in [0.25, 0.3) is 0 Å². The van der Waals surface area contributed by atoms with Crippen molar-refractivity contribution in [2.45, 2.75) is 11.2 Å². The molecule has 1 saturated heterocycles. The zero-order valence-electron chi connectivity index (χ0n) is 4.79. The average molecular weight is 173 g/mol. The van der Waals surface area contributed by atoms with Gasteiger partial charge in [0, 0.05) is 0 Å². The molecule has 1 aliphatic heterocycles. The van der Waals surface area contributed by atoms with Gasteiger partial charge in [0.2, 0.25) is 4.99 Å². The van der Waals surface area contributed by atoms with Crippen molar-refractivity contribution in [2.24, 2.45) is 0 Å². The number of hydrazine groups is 1. The monoisotopic (exact) mass is 173 g/mol. The highest BCUT2D eigenvalue weighted by Crippen LogP contribution is 2.31. The van der Waals surface area contributed by atoms with E-state index in [9.17, 15) is 13.2 Å². The molecule has 0 aromatic carbocycles. The van der Waals surface area contributed by atoms with E-state index in [0.29, 0.717) is 0 Å². The molecule has 7 heteroatoms. The number of hydrogen-bond acceptors (Lipinski definition) is 4. The quantitative estimate of drug-likeness (QED) is 0.383. The molecule has 1 heterocycles. The van der Waals surface area contributed by atoms with Crippen LogP contribution in [0.2, 0.25) is 0 Å². The Hall–Kier alpha value is 0.0200. The maximum atomic E-state index is 11.9. The van der Waals surface area contributed by atoms with Crippen molar-refractivity contribution in [3.05, 3.63) is 0 Å². The highest BCUT2D eigenvalue weighted by Gasteiger charge is 2.54. The summed E-state index contributed by atoms with van der Waals surface area (Å²) >= 11 is 3.35. The molecule has 1 atom stereocenters. The van der Waals surface area contributed by atoms with Crippen LogP contribution in [-0.2, 0) is 0 Å². The van der Waals surface area contributed by atoms with Crippen LogP contribution in [0.3, 0.4) is 0 Å². The molecule has 3 N–H and O–H groups in total. The maximum absolute atomic E-state index is 11.9. The molecule has 0 bridgehead atoms. The van der Waals surface area contributed by atoms with Gasteiger partial charge >= 0.3 is 6.18 Å². The first-order chi connectivity index (χ1) is 4.46. The van der Waals surface area contributed by atoms with Crippen LogP contribution in [0.4, 0.5) is 13.2 Å². The fourth-order valence-corrected chi connectivity index (χ4v) is 0.718. The summed E-state index contributed by atoms with van der Waals surface area (Å²) in [6, 6.07) is 0. The van der Waals surface area contributed by atoms with Gasteiger partial charge in [0.05, 0.1) is 6.67 Å². The highest BCUT2D eigenvalue weighted by atomic mass is 32.1. The van der Waals surface area contributed by atoms with Gasteiger partial charge in [-0.3, -0.25) is 5.32 Å². The van der Waals surface area contributed by atoms with E-state index in [4.69, 9.17) is 0 Å². The Bertz CT molecular complexity index is 129. The van der Waals surface area contributed by atoms with E-state index in [1.165, 1.54) is 0 Å². The molecular weight excluding hydrogens is 167 g/mol. The second kappa shape index (κ2) is 2.26. The van der Waals surface area contributed by atoms with Crippen molar-refractivity contribution in [1.29, 1.82) is 0 Å². The smallest absolute Gasteiger partial charge is 0.268 e. The molecule has 0 saturated carbocycles. The van der Waals surface area contributed by atoms with E-state index >= 15 is 0 Å². The van der Waals surface area contributed by atoms with Crippen LogP contribution in [0.5, 0.6) is 0 Å². The van der Waals surface area contributed by atoms with Gasteiger partial charge in [0.1, 0.15) is 0 Å². The molecule has 0 radical (unpaired) electrons. The van der Waals surface area contributed by atoms with Crippen LogP contribution in [0.1, 0.15) is 0 Å². The van der Waals surface area contributed by atoms with Crippen molar-refractivity contribution < 1.29 is 13.2 Å². The summed E-state index contributed by atoms with van der Waals surface area (Å²) in [5.41, 5.74) is 4.21. The lowest BCUT2D eigenvalue weighted by Crippen LogP contribution is -2.57. The lowest BCUT2D eigenvalue weighted by atomic mass is 10.5. The normalized spacial score (nSPS) is 34.8. The van der Waals surface area contributed by atoms with E-state index < -0.39 is 11.2 Å². The fraction of sp³-hybridized carbons (Fsp3) is 1.00. The molecule has 0 aromatic rings. The number of hydrogen-bond donors (Lipinski definition) is 4. The molecule has 60 valence electrons. The standard InChI is InChI=1S/C3H6F3N3S/c4-2(5,6)3(10)7-1-8-9-3/h7-10H,1H2. The molecule has 1 unspecified atom stereocenters. The SMILES string of the molecule is FC(F)(F)C1(S)NCNN1. The van der Waals surface area contributed by atoms with Gasteiger partial charge in [-0.1, -0.05) is 0 Å². The molecule has 0 spiro atoms. The minimum Gasteiger partial charge on any atom is -0.268 e. The van der Waals surface area contributed by atoms with Crippen LogP contribution < -0.4 is 16.2 Å². The van der Waals surface area contributed by atoms with Gasteiger partial charge in [-0.05, 0) is 0 Å². The van der Waals surface area contributed by atoms with Crippen LogP contribution in [0.15, 0.2) is 0 Å². The predicted molar refractivity (Wildman–Crippen MR) is 32.0 cm³/mol. The second-order valence-electron chi connectivity index (χ2n) is 1.86. The first-order valence-electron chi connectivity index (χ1n) is 2.50. The van der Waals surface area contributed by atoms with Crippen molar-refractivity contribution in [1.82, 2.24) is 16.2 Å². The van der Waals surface area contributed by atoms with Crippen molar-refractivity contribution in [3.63, 3.8) is 0 Å². The Labute approximate surface area is 60.7 Å². The molecule has 1 aliphatic rings. The summed E-state index contributed by atoms with van der Waals surface area (Å²) in [7, 11) is 0. The second-order valence-corrected chi connectivity index (χ2v) is 2.53. The Morgan fingerprint density at radius 3 is 2.20 bits per heavy atom. The Morgan fingerprint density at radius 1 is 1.40 bits per heavy atom. The van der Waals surface area contributed by atoms with Crippen LogP contribution >= 0.6 is 12.6 Å². The number of thiol groups is 1. The van der Waals surface area contributed by atoms with Gasteiger partial charge in [-0.25, -0.2) is 10.9 Å². The van der Waals surface area contributed by atoms with Gasteiger partial charge in [0.15, 0.2) is 0 Å². The fourth-order valence-electron chi connectivity index (χ4n) is 0.560. The summed E-state index contributed by atoms with van der Waals surface area (Å²) in [5.74, 6) is 0. The molecule has 0 aromatic heterocycles. The van der Waals surface area contributed by atoms with Crippen LogP contribution in [0, 0.1) is 0 Å². The first-order valence-corrected chi connectivity index (χ1v) is 2.94. The van der Waals surface area contributed by atoms with Gasteiger partial charge in [-0.2, -0.15) is 13.2 Å². The number of halogens is 3. The lowest BCUT2D eigenvalue weighted by Gasteiger charge is -2.24. The van der Waals surface area contributed by atoms with Gasteiger partial charge < -0.3 is 0 Å². The average Bonchev–Trinajstić information content (AvgIpc) is 2.13. The van der Waals surface area contributed by atoms with Gasteiger partial charge in [0.25, 0.3) is 0 Å². The van der Waals surface area contributed by atoms with E-state index in [1.54, 1.807) is 0 Å². The summed E-state index contributed by atoms with van der Waals surface area (Å²) in [5, 5.41) is 2.09. The highest BCUT2D eigenvalue weighted by molar-refractivity contribution is 7.81. The van der Waals surface area contributed by atoms with Crippen molar-refractivity contribution in [3.8, 4) is 0 Å². The van der Waals surface area contributed by atoms with E-state index in [2.05, 4.69) is 23.4 Å². The lowest BCUT2D eigenvalue weighted by molar-refractivity contribution is -0.169. The Balaban J connectivity index is 2.67. The third-order valence-corrected chi connectivity index (χ3v) is 1.64. The summed E-state index contributed by atoms with van der Waals surface area (Å²) in [6.45, 7) is 0.0447. The Kier molecular flexibility index (Phi) is 1.84. The van der Waals surface area contributed by atoms with Crippen molar-refractivity contribution in [2.75, 3.05) is 6.67 Å². The zero-order valence-corrected chi connectivity index (χ0v) is 5.68. The minimum absolute atomic E-state index is 0.0447. The number of alkyl halides is 3. The largest absolute Gasteiger partial charge is 0.430 e. The number of rotatable bonds is 0. The molecule has 1 rings (SSSR count). The molecule has 1 fully saturated rings. The zero-order chi connectivity index (χ0) is 7.83.